The molecule has 3 rings (SSSR count). The Labute approximate surface area is 191 Å². The zero-order valence-electron chi connectivity index (χ0n) is 21.5. The minimum absolute atomic E-state index is 0.173. The zero-order chi connectivity index (χ0) is 23.3. The maximum atomic E-state index is 6.83. The van der Waals surface area contributed by atoms with Gasteiger partial charge in [-0.05, 0) is 54.3 Å². The molecule has 1 aliphatic heterocycles. The third-order valence-corrected chi connectivity index (χ3v) is 17.1. The first-order chi connectivity index (χ1) is 14.1. The Balaban J connectivity index is 2.02. The second-order valence-electron chi connectivity index (χ2n) is 12.4. The highest BCUT2D eigenvalue weighted by Gasteiger charge is 2.46. The number of H-pyrrole nitrogens is 1. The van der Waals surface area contributed by atoms with Crippen LogP contribution >= 0.6 is 0 Å². The smallest absolute Gasteiger partial charge is 0.192 e. The molecular formula is C25H44N2O2Si2. The summed E-state index contributed by atoms with van der Waals surface area (Å²) >= 11 is 0. The van der Waals surface area contributed by atoms with Gasteiger partial charge < -0.3 is 19.2 Å². The molecule has 0 bridgehead atoms. The molecular weight excluding hydrogens is 416 g/mol. The highest BCUT2D eigenvalue weighted by molar-refractivity contribution is 6.74. The number of aromatic amines is 1. The van der Waals surface area contributed by atoms with Crippen molar-refractivity contribution in [1.82, 2.24) is 10.3 Å². The van der Waals surface area contributed by atoms with E-state index in [9.17, 15) is 0 Å². The van der Waals surface area contributed by atoms with Crippen LogP contribution in [0.4, 0.5) is 0 Å². The average molecular weight is 461 g/mol. The van der Waals surface area contributed by atoms with Crippen LogP contribution in [0.25, 0.3) is 10.9 Å². The maximum absolute atomic E-state index is 6.83. The summed E-state index contributed by atoms with van der Waals surface area (Å²) in [5.74, 6) is 0. The summed E-state index contributed by atoms with van der Waals surface area (Å²) in [7, 11) is -3.81. The van der Waals surface area contributed by atoms with Crippen LogP contribution in [0.1, 0.15) is 52.8 Å². The molecule has 1 aromatic carbocycles. The van der Waals surface area contributed by atoms with Crippen molar-refractivity contribution in [2.75, 3.05) is 19.8 Å². The summed E-state index contributed by atoms with van der Waals surface area (Å²) in [5, 5.41) is 5.54. The summed E-state index contributed by atoms with van der Waals surface area (Å²) in [5.41, 5.74) is 3.54. The van der Waals surface area contributed by atoms with Crippen molar-refractivity contribution < 1.29 is 8.85 Å². The van der Waals surface area contributed by atoms with Crippen LogP contribution < -0.4 is 5.32 Å². The number of hydrogen-bond acceptors (Lipinski definition) is 3. The van der Waals surface area contributed by atoms with Crippen LogP contribution in [-0.2, 0) is 20.8 Å². The van der Waals surface area contributed by atoms with Crippen molar-refractivity contribution in [1.29, 1.82) is 0 Å². The van der Waals surface area contributed by atoms with Gasteiger partial charge in [-0.1, -0.05) is 59.7 Å². The molecule has 0 fully saturated rings. The van der Waals surface area contributed by atoms with Crippen LogP contribution in [0.2, 0.25) is 36.3 Å². The molecule has 2 heterocycles. The van der Waals surface area contributed by atoms with E-state index in [0.717, 1.165) is 13.0 Å². The lowest BCUT2D eigenvalue weighted by Crippen LogP contribution is -2.58. The Bertz CT molecular complexity index is 890. The number of rotatable bonds is 6. The predicted molar refractivity (Wildman–Crippen MR) is 138 cm³/mol. The molecule has 0 radical (unpaired) electrons. The summed E-state index contributed by atoms with van der Waals surface area (Å²) in [6.45, 7) is 25.4. The molecule has 0 saturated heterocycles. The van der Waals surface area contributed by atoms with Crippen molar-refractivity contribution in [3.8, 4) is 0 Å². The van der Waals surface area contributed by atoms with Gasteiger partial charge in [0.05, 0.1) is 13.2 Å². The van der Waals surface area contributed by atoms with Gasteiger partial charge in [-0.25, -0.2) is 0 Å². The Hall–Kier alpha value is -0.926. The van der Waals surface area contributed by atoms with Crippen LogP contribution in [0.5, 0.6) is 0 Å². The second-order valence-corrected chi connectivity index (χ2v) is 22.0. The Morgan fingerprint density at radius 1 is 0.871 bits per heavy atom. The molecule has 174 valence electrons. The van der Waals surface area contributed by atoms with E-state index in [1.165, 1.54) is 22.2 Å². The number of nitrogens with one attached hydrogen (secondary N) is 2. The number of aromatic nitrogens is 1. The highest BCUT2D eigenvalue weighted by Crippen LogP contribution is 2.42. The predicted octanol–water partition coefficient (Wildman–Crippen LogP) is 6.55. The summed E-state index contributed by atoms with van der Waals surface area (Å²) in [4.78, 5) is 3.77. The SMILES string of the molecule is CC(C)(C)[Si](C)(C)OCC1(CO[Si](C)(C)C(C)(C)C)NCCc2c1[nH]c1ccccc21. The normalized spacial score (nSPS) is 17.7. The molecule has 0 unspecified atom stereocenters. The fourth-order valence-corrected chi connectivity index (χ4v) is 5.79. The molecule has 0 aliphatic carbocycles. The highest BCUT2D eigenvalue weighted by atomic mass is 28.4. The maximum Gasteiger partial charge on any atom is 0.192 e. The van der Waals surface area contributed by atoms with Crippen molar-refractivity contribution in [3.05, 3.63) is 35.5 Å². The topological polar surface area (TPSA) is 46.3 Å². The van der Waals surface area contributed by atoms with E-state index in [1.54, 1.807) is 0 Å². The minimum Gasteiger partial charge on any atom is -0.414 e. The number of benzene rings is 1. The van der Waals surface area contributed by atoms with Gasteiger partial charge in [0.2, 0.25) is 0 Å². The monoisotopic (exact) mass is 460 g/mol. The van der Waals surface area contributed by atoms with E-state index in [2.05, 4.69) is 102 Å². The van der Waals surface area contributed by atoms with E-state index < -0.39 is 16.6 Å². The third kappa shape index (κ3) is 4.74. The van der Waals surface area contributed by atoms with Crippen LogP contribution in [0.15, 0.2) is 24.3 Å². The van der Waals surface area contributed by atoms with Crippen molar-refractivity contribution >= 4 is 27.5 Å². The lowest BCUT2D eigenvalue weighted by molar-refractivity contribution is 0.0911. The van der Waals surface area contributed by atoms with Gasteiger partial charge in [0.15, 0.2) is 16.6 Å². The Morgan fingerprint density at radius 2 is 1.39 bits per heavy atom. The first kappa shape index (κ1) is 24.7. The standard InChI is InChI=1S/C25H44N2O2Si2/c1-23(2,3)30(7,8)28-17-25(18-29-31(9,10)24(4,5)6)22-20(15-16-26-25)19-13-11-12-14-21(19)27-22/h11-14,26-27H,15-18H2,1-10H3. The van der Waals surface area contributed by atoms with Crippen LogP contribution in [0.3, 0.4) is 0 Å². The summed E-state index contributed by atoms with van der Waals surface area (Å²) in [6, 6.07) is 8.67. The summed E-state index contributed by atoms with van der Waals surface area (Å²) in [6.07, 6.45) is 1.03. The van der Waals surface area contributed by atoms with Crippen molar-refractivity contribution in [3.63, 3.8) is 0 Å². The Morgan fingerprint density at radius 3 is 1.90 bits per heavy atom. The fourth-order valence-electron chi connectivity index (χ4n) is 3.71. The van der Waals surface area contributed by atoms with Gasteiger partial charge in [-0.2, -0.15) is 0 Å². The molecule has 1 aromatic heterocycles. The van der Waals surface area contributed by atoms with E-state index >= 15 is 0 Å². The lowest BCUT2D eigenvalue weighted by atomic mass is 9.88. The molecule has 0 spiro atoms. The van der Waals surface area contributed by atoms with Gasteiger partial charge in [0.1, 0.15) is 5.54 Å². The van der Waals surface area contributed by atoms with Gasteiger partial charge >= 0.3 is 0 Å². The summed E-state index contributed by atoms with van der Waals surface area (Å²) < 4.78 is 13.7. The third-order valence-electron chi connectivity index (χ3n) is 8.10. The molecule has 0 atom stereocenters. The second kappa shape index (κ2) is 8.13. The fraction of sp³-hybridized carbons (Fsp3) is 0.680. The molecule has 1 aliphatic rings. The van der Waals surface area contributed by atoms with Gasteiger partial charge in [-0.3, -0.25) is 0 Å². The number of para-hydroxylation sites is 1. The van der Waals surface area contributed by atoms with Crippen LogP contribution in [-0.4, -0.2) is 41.4 Å². The molecule has 2 N–H and O–H groups in total. The van der Waals surface area contributed by atoms with E-state index in [1.807, 2.05) is 0 Å². The lowest BCUT2D eigenvalue weighted by Gasteiger charge is -2.45. The zero-order valence-corrected chi connectivity index (χ0v) is 23.5. The number of hydrogen-bond donors (Lipinski definition) is 2. The molecule has 4 nitrogen and oxygen atoms in total. The first-order valence-electron chi connectivity index (χ1n) is 11.7. The van der Waals surface area contributed by atoms with Crippen molar-refractivity contribution in [2.45, 2.75) is 89.8 Å². The largest absolute Gasteiger partial charge is 0.414 e. The first-order valence-corrected chi connectivity index (χ1v) is 17.5. The molecule has 6 heteroatoms. The van der Waals surface area contributed by atoms with E-state index in [0.29, 0.717) is 13.2 Å². The molecule has 0 amide bonds. The molecule has 2 aromatic rings. The average Bonchev–Trinajstić information content (AvgIpc) is 3.03. The van der Waals surface area contributed by atoms with E-state index in [4.69, 9.17) is 8.85 Å². The van der Waals surface area contributed by atoms with Gasteiger partial charge in [-0.15, -0.1) is 0 Å². The molecule has 0 saturated carbocycles. The Kier molecular flexibility index (Phi) is 6.48. The van der Waals surface area contributed by atoms with Crippen molar-refractivity contribution in [2.24, 2.45) is 0 Å². The van der Waals surface area contributed by atoms with Crippen LogP contribution in [0, 0.1) is 0 Å². The van der Waals surface area contributed by atoms with Gasteiger partial charge in [0, 0.05) is 23.1 Å². The van der Waals surface area contributed by atoms with E-state index in [-0.39, 0.29) is 15.6 Å². The quantitative estimate of drug-likeness (QED) is 0.480. The number of fused-ring (bicyclic) bond motifs is 3. The minimum atomic E-state index is -1.91. The van der Waals surface area contributed by atoms with Gasteiger partial charge in [0.25, 0.3) is 0 Å². The molecule has 31 heavy (non-hydrogen) atoms.